The van der Waals surface area contributed by atoms with Gasteiger partial charge in [0.1, 0.15) is 17.9 Å². The van der Waals surface area contributed by atoms with Gasteiger partial charge in [-0.1, -0.05) is 0 Å². The Morgan fingerprint density at radius 1 is 1.42 bits per heavy atom. The Kier molecular flexibility index (Phi) is 5.56. The quantitative estimate of drug-likeness (QED) is 0.696. The van der Waals surface area contributed by atoms with Crippen LogP contribution in [0.5, 0.6) is 0 Å². The fourth-order valence-corrected chi connectivity index (χ4v) is 3.91. The fraction of sp³-hybridized carbons (Fsp3) is 0.450. The topological polar surface area (TPSA) is 137 Å². The van der Waals surface area contributed by atoms with E-state index in [1.807, 2.05) is 6.07 Å². The zero-order valence-corrected chi connectivity index (χ0v) is 16.6. The third-order valence-corrected chi connectivity index (χ3v) is 5.50. The summed E-state index contributed by atoms with van der Waals surface area (Å²) in [5, 5.41) is 12.9. The first-order valence-electron chi connectivity index (χ1n) is 10.4. The number of aromatic nitrogens is 1. The van der Waals surface area contributed by atoms with E-state index in [1.165, 1.54) is 28.5 Å². The summed E-state index contributed by atoms with van der Waals surface area (Å²) >= 11 is 0. The molecule has 31 heavy (non-hydrogen) atoms. The van der Waals surface area contributed by atoms with Gasteiger partial charge < -0.3 is 11.1 Å². The zero-order chi connectivity index (χ0) is 22.9. The molecule has 4 heterocycles. The number of hydroxylamine groups is 2. The fourth-order valence-electron chi connectivity index (χ4n) is 3.91. The van der Waals surface area contributed by atoms with Gasteiger partial charge in [-0.15, -0.1) is 0 Å². The summed E-state index contributed by atoms with van der Waals surface area (Å²) in [6, 6.07) is 3.20. The summed E-state index contributed by atoms with van der Waals surface area (Å²) in [5.74, 6) is -2.19. The van der Waals surface area contributed by atoms with Crippen molar-refractivity contribution < 1.29 is 20.2 Å². The summed E-state index contributed by atoms with van der Waals surface area (Å²) in [4.78, 5) is 39.6. The van der Waals surface area contributed by atoms with E-state index in [0.717, 1.165) is 0 Å². The molecule has 2 fully saturated rings. The highest BCUT2D eigenvalue weighted by Crippen LogP contribution is 2.34. The Balaban J connectivity index is 1.45. The Labute approximate surface area is 179 Å². The largest absolute Gasteiger partial charge is 0.364 e. The third-order valence-electron chi connectivity index (χ3n) is 5.50. The van der Waals surface area contributed by atoms with Crippen LogP contribution in [0.2, 0.25) is 0 Å². The second-order valence-corrected chi connectivity index (χ2v) is 7.45. The van der Waals surface area contributed by atoms with E-state index in [1.54, 1.807) is 12.3 Å². The van der Waals surface area contributed by atoms with Gasteiger partial charge in [-0.3, -0.25) is 29.3 Å². The first-order valence-corrected chi connectivity index (χ1v) is 9.86. The van der Waals surface area contributed by atoms with E-state index < -0.39 is 36.2 Å². The molecule has 162 valence electrons. The van der Waals surface area contributed by atoms with E-state index in [9.17, 15) is 9.59 Å². The molecule has 0 spiro atoms. The van der Waals surface area contributed by atoms with Crippen LogP contribution in [-0.2, 0) is 14.4 Å². The van der Waals surface area contributed by atoms with Gasteiger partial charge in [0.25, 0.3) is 11.8 Å². The van der Waals surface area contributed by atoms with Crippen LogP contribution in [-0.4, -0.2) is 65.1 Å². The maximum absolute atomic E-state index is 15.2. The highest BCUT2D eigenvalue weighted by molar-refractivity contribution is 5.96. The van der Waals surface area contributed by atoms with Crippen LogP contribution in [0, 0.1) is 17.2 Å². The summed E-state index contributed by atoms with van der Waals surface area (Å²) in [6.45, 7) is 0.251. The van der Waals surface area contributed by atoms with Crippen molar-refractivity contribution in [2.45, 2.75) is 31.3 Å². The van der Waals surface area contributed by atoms with E-state index in [0.29, 0.717) is 24.2 Å². The molecule has 1 aromatic heterocycles. The maximum atomic E-state index is 15.2. The van der Waals surface area contributed by atoms with Gasteiger partial charge in [-0.2, -0.15) is 5.26 Å². The number of likely N-dealkylation sites (tertiary alicyclic amines) is 1. The number of nitrogens with two attached hydrogens (primary N) is 1. The number of nitrogens with one attached hydrogen (secondary N) is 1. The molecule has 2 amide bonds. The van der Waals surface area contributed by atoms with Crippen LogP contribution < -0.4 is 11.1 Å². The van der Waals surface area contributed by atoms with E-state index in [-0.39, 0.29) is 25.2 Å². The number of halogens is 1. The average Bonchev–Trinajstić information content (AvgIpc) is 3.28. The number of aliphatic imine (C=N–C) groups is 1. The smallest absolute Gasteiger partial charge is 0.264 e. The molecule has 1 aromatic rings. The lowest BCUT2D eigenvalue weighted by molar-refractivity contribution is -0.186. The second kappa shape index (κ2) is 8.79. The lowest BCUT2D eigenvalue weighted by Crippen LogP contribution is -2.55. The van der Waals surface area contributed by atoms with E-state index in [4.69, 9.17) is 17.2 Å². The normalized spacial score (nSPS) is 31.4. The lowest BCUT2D eigenvalue weighted by Gasteiger charge is -2.39. The van der Waals surface area contributed by atoms with Gasteiger partial charge >= 0.3 is 0 Å². The summed E-state index contributed by atoms with van der Waals surface area (Å²) in [7, 11) is 0. The van der Waals surface area contributed by atoms with Crippen molar-refractivity contribution in [2.24, 2.45) is 16.6 Å². The molecule has 0 radical (unpaired) electrons. The number of hydrogen-bond donors (Lipinski definition) is 2. The number of primary amides is 1. The number of amides is 2. The lowest BCUT2D eigenvalue weighted by atomic mass is 9.93. The molecule has 0 aromatic carbocycles. The number of carbonyl (C=O) groups excluding carboxylic acids is 2. The summed E-state index contributed by atoms with van der Waals surface area (Å²) in [6.07, 6.45) is 2.90. The van der Waals surface area contributed by atoms with Crippen molar-refractivity contribution in [3.8, 4) is 6.07 Å². The monoisotopic (exact) mass is 428 g/mol. The van der Waals surface area contributed by atoms with Crippen molar-refractivity contribution in [3.63, 3.8) is 0 Å². The van der Waals surface area contributed by atoms with Crippen molar-refractivity contribution in [1.82, 2.24) is 20.3 Å². The van der Waals surface area contributed by atoms with Crippen LogP contribution in [0.15, 0.2) is 35.2 Å². The molecule has 3 N–H and O–H groups in total. The highest BCUT2D eigenvalue weighted by Gasteiger charge is 2.43. The number of carbonyl (C=O) groups is 2. The molecule has 2 saturated heterocycles. The van der Waals surface area contributed by atoms with Gasteiger partial charge in [0.15, 0.2) is 6.27 Å². The molecule has 0 bridgehead atoms. The Morgan fingerprint density at radius 2 is 2.26 bits per heavy atom. The average molecular weight is 428 g/mol. The molecular formula is C20H22FN7O3. The third kappa shape index (κ3) is 4.26. The highest BCUT2D eigenvalue weighted by atomic mass is 19.1. The number of nitrogens with zero attached hydrogens (tertiary/aromatic N) is 5. The number of alkyl halides is 1. The number of allylic oxidation sites excluding steroid dienone is 1. The molecule has 1 unspecified atom stereocenters. The first kappa shape index (κ1) is 19.6. The van der Waals surface area contributed by atoms with Gasteiger partial charge in [0.2, 0.25) is 0 Å². The van der Waals surface area contributed by atoms with Gasteiger partial charge in [-0.05, 0) is 24.1 Å². The van der Waals surface area contributed by atoms with E-state index >= 15 is 4.39 Å². The molecule has 4 rings (SSSR count). The SMILES string of the molecule is [2H]C1(N2CC[C@H](C(=O)N3OCC[C@H]3c3cncc(C#N)c3)[C@@H](F)C2)N=CC=C(C(N)=O)N1. The molecule has 0 aliphatic carbocycles. The van der Waals surface area contributed by atoms with Crippen molar-refractivity contribution in [2.75, 3.05) is 19.7 Å². The minimum absolute atomic E-state index is 0.00475. The predicted molar refractivity (Wildman–Crippen MR) is 106 cm³/mol. The number of pyridine rings is 1. The minimum atomic E-state index is -1.78. The number of hydrogen-bond acceptors (Lipinski definition) is 8. The van der Waals surface area contributed by atoms with Crippen molar-refractivity contribution >= 4 is 18.0 Å². The molecule has 10 nitrogen and oxygen atoms in total. The maximum Gasteiger partial charge on any atom is 0.264 e. The summed E-state index contributed by atoms with van der Waals surface area (Å²) in [5.41, 5.74) is 6.28. The number of rotatable bonds is 4. The standard InChI is InChI=1S/C20H22FN7O3/c21-15-11-27(20-25-4-1-16(26-20)18(23)29)5-2-14(15)19(30)28-17(3-6-31-28)13-7-12(8-22)9-24-10-13/h1,4,7,9-10,14-15,17,20,26H,2-3,5-6,11H2,(H2,23,29)/t14-,15-,17-,20?/m0/s1/i20D. The van der Waals surface area contributed by atoms with Crippen LogP contribution in [0.3, 0.4) is 0 Å². The summed E-state index contributed by atoms with van der Waals surface area (Å²) < 4.78 is 23.7. The zero-order valence-electron chi connectivity index (χ0n) is 17.6. The van der Waals surface area contributed by atoms with Gasteiger partial charge in [0.05, 0.1) is 25.5 Å². The van der Waals surface area contributed by atoms with Crippen LogP contribution in [0.25, 0.3) is 0 Å². The molecule has 11 heteroatoms. The molecule has 3 aliphatic heterocycles. The molecular weight excluding hydrogens is 405 g/mol. The second-order valence-electron chi connectivity index (χ2n) is 7.45. The molecule has 0 saturated carbocycles. The van der Waals surface area contributed by atoms with Crippen molar-refractivity contribution in [3.05, 3.63) is 41.4 Å². The number of piperidine rings is 1. The molecule has 4 atom stereocenters. The van der Waals surface area contributed by atoms with Gasteiger partial charge in [0, 0.05) is 38.1 Å². The Hall–Kier alpha value is -3.36. The van der Waals surface area contributed by atoms with Crippen LogP contribution in [0.4, 0.5) is 4.39 Å². The predicted octanol–water partition coefficient (Wildman–Crippen LogP) is 0.145. The first-order chi connectivity index (χ1) is 15.3. The van der Waals surface area contributed by atoms with Gasteiger partial charge in [-0.25, -0.2) is 9.45 Å². The van der Waals surface area contributed by atoms with E-state index in [2.05, 4.69) is 15.3 Å². The Morgan fingerprint density at radius 3 is 3.00 bits per heavy atom. The van der Waals surface area contributed by atoms with Crippen LogP contribution >= 0.6 is 0 Å². The van der Waals surface area contributed by atoms with Crippen molar-refractivity contribution in [1.29, 1.82) is 5.26 Å². The number of nitriles is 1. The minimum Gasteiger partial charge on any atom is -0.364 e. The van der Waals surface area contributed by atoms with Crippen LogP contribution in [0.1, 0.15) is 31.4 Å². The Bertz CT molecular complexity index is 1030. The molecule has 3 aliphatic rings.